The molecule has 2 aromatic carbocycles. The maximum atomic E-state index is 15.3. The standard InChI is InChI=1S/C33H34F2N8O5/c1-20(2)42-16-25(32(46)43(33(42)47)23-7-4-21(34)5-8-23)30(45)38-22-6-9-28(26(35)14-22)48-31-24-15-41(17-27(24)36-19-37-31)29(44)18-40-12-10-39(3)11-13-40/h4-9,14,16,19-20H,10-13,15,17-18H2,1-3H3,(H,38,45). The molecule has 2 amide bonds. The smallest absolute Gasteiger partial charge is 0.335 e. The molecule has 250 valence electrons. The van der Waals surface area contributed by atoms with E-state index in [1.807, 2.05) is 0 Å². The number of halogens is 2. The number of ether oxygens (including phenoxy) is 1. The van der Waals surface area contributed by atoms with E-state index >= 15 is 4.39 Å². The van der Waals surface area contributed by atoms with Crippen LogP contribution in [-0.2, 0) is 17.9 Å². The van der Waals surface area contributed by atoms with Gasteiger partial charge in [-0.3, -0.25) is 23.9 Å². The van der Waals surface area contributed by atoms with E-state index in [4.69, 9.17) is 4.74 Å². The summed E-state index contributed by atoms with van der Waals surface area (Å²) >= 11 is 0. The SMILES string of the molecule is CC(C)n1cc(C(=O)Nc2ccc(Oc3ncnc4c3CN(C(=O)CN3CCN(C)CC3)C4)c(F)c2)c(=O)n(-c2ccc(F)cc2)c1=O. The molecule has 15 heteroatoms. The van der Waals surface area contributed by atoms with Crippen LogP contribution in [0.25, 0.3) is 5.69 Å². The maximum absolute atomic E-state index is 15.3. The van der Waals surface area contributed by atoms with Gasteiger partial charge in [0.15, 0.2) is 11.6 Å². The Morgan fingerprint density at radius 3 is 2.40 bits per heavy atom. The van der Waals surface area contributed by atoms with E-state index in [9.17, 15) is 23.6 Å². The number of hydrogen-bond donors (Lipinski definition) is 1. The molecule has 2 aliphatic heterocycles. The highest BCUT2D eigenvalue weighted by molar-refractivity contribution is 6.03. The Morgan fingerprint density at radius 2 is 1.71 bits per heavy atom. The molecule has 0 aliphatic carbocycles. The zero-order chi connectivity index (χ0) is 34.1. The van der Waals surface area contributed by atoms with Crippen molar-refractivity contribution in [1.82, 2.24) is 33.8 Å². The van der Waals surface area contributed by atoms with Crippen LogP contribution >= 0.6 is 0 Å². The van der Waals surface area contributed by atoms with Crippen LogP contribution < -0.4 is 21.3 Å². The Morgan fingerprint density at radius 1 is 0.979 bits per heavy atom. The Hall–Kier alpha value is -5.28. The molecule has 4 heterocycles. The van der Waals surface area contributed by atoms with Gasteiger partial charge in [0.05, 0.1) is 36.6 Å². The van der Waals surface area contributed by atoms with Crippen molar-refractivity contribution in [2.24, 2.45) is 0 Å². The van der Waals surface area contributed by atoms with Gasteiger partial charge < -0.3 is 19.9 Å². The normalized spacial score (nSPS) is 15.1. The Kier molecular flexibility index (Phi) is 9.15. The molecular formula is C33H34F2N8O5. The van der Waals surface area contributed by atoms with Gasteiger partial charge in [-0.2, -0.15) is 0 Å². The first-order valence-electron chi connectivity index (χ1n) is 15.4. The molecule has 13 nitrogen and oxygen atoms in total. The fraction of sp³-hybridized carbons (Fsp3) is 0.333. The molecular weight excluding hydrogens is 626 g/mol. The van der Waals surface area contributed by atoms with E-state index < -0.39 is 34.8 Å². The van der Waals surface area contributed by atoms with Crippen molar-refractivity contribution in [1.29, 1.82) is 0 Å². The molecule has 0 saturated carbocycles. The number of fused-ring (bicyclic) bond motifs is 1. The van der Waals surface area contributed by atoms with Gasteiger partial charge in [-0.1, -0.05) is 0 Å². The highest BCUT2D eigenvalue weighted by Crippen LogP contribution is 2.33. The summed E-state index contributed by atoms with van der Waals surface area (Å²) in [6, 6.07) is 8.01. The lowest BCUT2D eigenvalue weighted by Crippen LogP contribution is -2.48. The Labute approximate surface area is 274 Å². The number of nitrogens with zero attached hydrogens (tertiary/aromatic N) is 7. The van der Waals surface area contributed by atoms with Crippen molar-refractivity contribution >= 4 is 17.5 Å². The number of aromatic nitrogens is 4. The van der Waals surface area contributed by atoms with E-state index in [1.165, 1.54) is 35.2 Å². The summed E-state index contributed by atoms with van der Waals surface area (Å²) in [5.41, 5.74) is -0.699. The highest BCUT2D eigenvalue weighted by atomic mass is 19.1. The van der Waals surface area contributed by atoms with Gasteiger partial charge in [0.2, 0.25) is 11.8 Å². The maximum Gasteiger partial charge on any atom is 0.335 e. The lowest BCUT2D eigenvalue weighted by atomic mass is 10.2. The van der Waals surface area contributed by atoms with E-state index in [2.05, 4.69) is 32.1 Å². The number of rotatable bonds is 8. The van der Waals surface area contributed by atoms with Gasteiger partial charge >= 0.3 is 5.69 Å². The summed E-state index contributed by atoms with van der Waals surface area (Å²) in [4.78, 5) is 67.3. The van der Waals surface area contributed by atoms with Crippen LogP contribution in [-0.4, -0.2) is 85.4 Å². The van der Waals surface area contributed by atoms with Gasteiger partial charge in [0, 0.05) is 50.2 Å². The fourth-order valence-corrected chi connectivity index (χ4v) is 5.59. The first-order valence-corrected chi connectivity index (χ1v) is 15.4. The van der Waals surface area contributed by atoms with Gasteiger partial charge in [-0.25, -0.2) is 28.1 Å². The predicted molar refractivity (Wildman–Crippen MR) is 171 cm³/mol. The molecule has 0 atom stereocenters. The minimum Gasteiger partial charge on any atom is -0.435 e. The third-order valence-corrected chi connectivity index (χ3v) is 8.39. The Balaban J connectivity index is 1.18. The number of amides is 2. The summed E-state index contributed by atoms with van der Waals surface area (Å²) in [5.74, 6) is -2.36. The number of carbonyl (C=O) groups excluding carboxylic acids is 2. The van der Waals surface area contributed by atoms with Crippen LogP contribution in [0.5, 0.6) is 11.6 Å². The zero-order valence-corrected chi connectivity index (χ0v) is 26.7. The molecule has 1 N–H and O–H groups in total. The van der Waals surface area contributed by atoms with Gasteiger partial charge in [0.1, 0.15) is 17.7 Å². The number of benzene rings is 2. The summed E-state index contributed by atoms with van der Waals surface area (Å²) in [7, 11) is 2.05. The monoisotopic (exact) mass is 660 g/mol. The lowest BCUT2D eigenvalue weighted by molar-refractivity contribution is -0.133. The molecule has 2 aliphatic rings. The number of hydrogen-bond acceptors (Lipinski definition) is 9. The summed E-state index contributed by atoms with van der Waals surface area (Å²) in [6.07, 6.45) is 2.44. The molecule has 1 fully saturated rings. The van der Waals surface area contributed by atoms with Crippen LogP contribution in [0.4, 0.5) is 14.5 Å². The van der Waals surface area contributed by atoms with Crippen molar-refractivity contribution in [3.63, 3.8) is 0 Å². The van der Waals surface area contributed by atoms with Crippen molar-refractivity contribution in [3.8, 4) is 17.3 Å². The number of anilines is 1. The van der Waals surface area contributed by atoms with Crippen LogP contribution in [0.1, 0.15) is 41.5 Å². The first kappa shape index (κ1) is 32.7. The minimum atomic E-state index is -0.921. The summed E-state index contributed by atoms with van der Waals surface area (Å²) < 4.78 is 36.7. The second-order valence-electron chi connectivity index (χ2n) is 12.1. The third kappa shape index (κ3) is 6.73. The zero-order valence-electron chi connectivity index (χ0n) is 26.7. The average molecular weight is 661 g/mol. The first-order chi connectivity index (χ1) is 23.0. The summed E-state index contributed by atoms with van der Waals surface area (Å²) in [6.45, 7) is 7.64. The lowest BCUT2D eigenvalue weighted by Gasteiger charge is -2.32. The molecule has 0 bridgehead atoms. The third-order valence-electron chi connectivity index (χ3n) is 8.39. The van der Waals surface area contributed by atoms with Crippen molar-refractivity contribution in [3.05, 3.63) is 104 Å². The number of likely N-dealkylation sites (N-methyl/N-ethyl adjacent to an activating group) is 1. The number of piperazine rings is 1. The molecule has 2 aromatic heterocycles. The number of carbonyl (C=O) groups is 2. The second kappa shape index (κ2) is 13.4. The molecule has 48 heavy (non-hydrogen) atoms. The van der Waals surface area contributed by atoms with Gasteiger partial charge in [-0.05, 0) is 57.3 Å². The summed E-state index contributed by atoms with van der Waals surface area (Å²) in [5, 5.41) is 2.50. The molecule has 1 saturated heterocycles. The largest absolute Gasteiger partial charge is 0.435 e. The van der Waals surface area contributed by atoms with Crippen molar-refractivity contribution < 1.29 is 23.1 Å². The van der Waals surface area contributed by atoms with E-state index in [0.29, 0.717) is 24.3 Å². The average Bonchev–Trinajstić information content (AvgIpc) is 3.50. The molecule has 0 spiro atoms. The van der Waals surface area contributed by atoms with Crippen LogP contribution in [0.15, 0.2) is 64.6 Å². The quantitative estimate of drug-likeness (QED) is 0.303. The minimum absolute atomic E-state index is 0.0217. The van der Waals surface area contributed by atoms with E-state index in [-0.39, 0.29) is 41.0 Å². The highest BCUT2D eigenvalue weighted by Gasteiger charge is 2.30. The van der Waals surface area contributed by atoms with Crippen LogP contribution in [0.2, 0.25) is 0 Å². The van der Waals surface area contributed by atoms with E-state index in [0.717, 1.165) is 55.1 Å². The molecule has 0 unspecified atom stereocenters. The van der Waals surface area contributed by atoms with Crippen molar-refractivity contribution in [2.45, 2.75) is 33.0 Å². The van der Waals surface area contributed by atoms with Crippen LogP contribution in [0.3, 0.4) is 0 Å². The second-order valence-corrected chi connectivity index (χ2v) is 12.1. The van der Waals surface area contributed by atoms with Gasteiger partial charge in [-0.15, -0.1) is 0 Å². The van der Waals surface area contributed by atoms with E-state index in [1.54, 1.807) is 18.7 Å². The number of nitrogens with one attached hydrogen (secondary N) is 1. The van der Waals surface area contributed by atoms with Crippen molar-refractivity contribution in [2.75, 3.05) is 45.1 Å². The molecule has 4 aromatic rings. The fourth-order valence-electron chi connectivity index (χ4n) is 5.59. The molecule has 0 radical (unpaired) electrons. The van der Waals surface area contributed by atoms with Gasteiger partial charge in [0.25, 0.3) is 11.5 Å². The topological polar surface area (TPSA) is 135 Å². The predicted octanol–water partition coefficient (Wildman–Crippen LogP) is 2.78. The Bertz CT molecular complexity index is 1990. The molecule has 6 rings (SSSR count). The van der Waals surface area contributed by atoms with Crippen LogP contribution in [0, 0.1) is 11.6 Å².